The zero-order valence-electron chi connectivity index (χ0n) is 12.1. The summed E-state index contributed by atoms with van der Waals surface area (Å²) in [6.07, 6.45) is 1.34. The minimum absolute atomic E-state index is 0.00746. The maximum atomic E-state index is 9.59. The molecule has 3 heteroatoms. The number of nitrogens with one attached hydrogen (secondary N) is 1. The van der Waals surface area contributed by atoms with Crippen LogP contribution in [-0.2, 0) is 4.74 Å². The topological polar surface area (TPSA) is 41.5 Å². The summed E-state index contributed by atoms with van der Waals surface area (Å²) in [6, 6.07) is 10.5. The summed E-state index contributed by atoms with van der Waals surface area (Å²) in [6.45, 7) is 7.39. The number of hydrogen-bond acceptors (Lipinski definition) is 3. The van der Waals surface area contributed by atoms with E-state index in [1.165, 1.54) is 0 Å². The fourth-order valence-corrected chi connectivity index (χ4v) is 2.83. The van der Waals surface area contributed by atoms with Crippen LogP contribution in [0.2, 0.25) is 0 Å². The van der Waals surface area contributed by atoms with Crippen molar-refractivity contribution in [3.8, 4) is 0 Å². The molecule has 0 amide bonds. The molecule has 19 heavy (non-hydrogen) atoms. The average Bonchev–Trinajstić information content (AvgIpc) is 2.43. The molecule has 0 aromatic heterocycles. The molecule has 0 spiro atoms. The number of ether oxygens (including phenoxy) is 1. The molecule has 106 valence electrons. The van der Waals surface area contributed by atoms with E-state index in [1.54, 1.807) is 0 Å². The number of hydrogen-bond donors (Lipinski definition) is 2. The van der Waals surface area contributed by atoms with Crippen LogP contribution in [-0.4, -0.2) is 30.5 Å². The van der Waals surface area contributed by atoms with E-state index >= 15 is 0 Å². The van der Waals surface area contributed by atoms with Gasteiger partial charge in [0.2, 0.25) is 0 Å². The highest BCUT2D eigenvalue weighted by Crippen LogP contribution is 2.43. The van der Waals surface area contributed by atoms with Crippen molar-refractivity contribution in [2.75, 3.05) is 13.2 Å². The Bertz CT molecular complexity index is 391. The third-order valence-electron chi connectivity index (χ3n) is 4.33. The molecular weight excluding hydrogens is 238 g/mol. The van der Waals surface area contributed by atoms with E-state index in [2.05, 4.69) is 31.3 Å². The molecule has 2 unspecified atom stereocenters. The molecule has 1 aliphatic carbocycles. The zero-order valence-corrected chi connectivity index (χ0v) is 12.1. The second-order valence-corrected chi connectivity index (χ2v) is 5.87. The first-order valence-electron chi connectivity index (χ1n) is 7.13. The summed E-state index contributed by atoms with van der Waals surface area (Å²) in [5, 5.41) is 13.2. The normalized spacial score (nSPS) is 26.7. The van der Waals surface area contributed by atoms with Crippen molar-refractivity contribution in [3.05, 3.63) is 35.9 Å². The van der Waals surface area contributed by atoms with Crippen molar-refractivity contribution in [1.29, 1.82) is 0 Å². The summed E-state index contributed by atoms with van der Waals surface area (Å²) >= 11 is 0. The van der Waals surface area contributed by atoms with Gasteiger partial charge in [-0.15, -0.1) is 0 Å². The third-order valence-corrected chi connectivity index (χ3v) is 4.33. The molecular formula is C16H25NO2. The van der Waals surface area contributed by atoms with Gasteiger partial charge in [0.05, 0.1) is 18.8 Å². The highest BCUT2D eigenvalue weighted by molar-refractivity contribution is 5.20. The van der Waals surface area contributed by atoms with Gasteiger partial charge in [0.25, 0.3) is 0 Å². The van der Waals surface area contributed by atoms with Gasteiger partial charge >= 0.3 is 0 Å². The molecule has 2 N–H and O–H groups in total. The molecule has 0 aliphatic heterocycles. The van der Waals surface area contributed by atoms with Gasteiger partial charge < -0.3 is 15.2 Å². The molecule has 1 saturated carbocycles. The summed E-state index contributed by atoms with van der Waals surface area (Å²) in [4.78, 5) is 0. The van der Waals surface area contributed by atoms with Crippen molar-refractivity contribution >= 4 is 0 Å². The van der Waals surface area contributed by atoms with E-state index in [0.29, 0.717) is 12.1 Å². The summed E-state index contributed by atoms with van der Waals surface area (Å²) in [7, 11) is 0. The van der Waals surface area contributed by atoms with Crippen LogP contribution in [0.4, 0.5) is 0 Å². The lowest BCUT2D eigenvalue weighted by Gasteiger charge is -2.52. The van der Waals surface area contributed by atoms with Gasteiger partial charge in [-0.1, -0.05) is 44.2 Å². The van der Waals surface area contributed by atoms with Crippen LogP contribution in [0.5, 0.6) is 0 Å². The van der Waals surface area contributed by atoms with E-state index < -0.39 is 0 Å². The molecule has 3 atom stereocenters. The van der Waals surface area contributed by atoms with Crippen LogP contribution in [0.25, 0.3) is 0 Å². The molecule has 1 aliphatic rings. The largest absolute Gasteiger partial charge is 0.394 e. The van der Waals surface area contributed by atoms with Crippen molar-refractivity contribution in [2.45, 2.75) is 45.4 Å². The Kier molecular flexibility index (Phi) is 4.61. The first kappa shape index (κ1) is 14.5. The van der Waals surface area contributed by atoms with E-state index in [-0.39, 0.29) is 18.1 Å². The van der Waals surface area contributed by atoms with Crippen molar-refractivity contribution in [1.82, 2.24) is 5.32 Å². The van der Waals surface area contributed by atoms with Gasteiger partial charge in [0.15, 0.2) is 0 Å². The fraction of sp³-hybridized carbons (Fsp3) is 0.625. The van der Waals surface area contributed by atoms with Crippen LogP contribution in [0.15, 0.2) is 30.3 Å². The highest BCUT2D eigenvalue weighted by Gasteiger charge is 2.49. The van der Waals surface area contributed by atoms with Crippen LogP contribution < -0.4 is 5.32 Å². The average molecular weight is 263 g/mol. The van der Waals surface area contributed by atoms with E-state index in [9.17, 15) is 5.11 Å². The maximum absolute atomic E-state index is 9.59. The van der Waals surface area contributed by atoms with Crippen LogP contribution in [0.3, 0.4) is 0 Å². The fourth-order valence-electron chi connectivity index (χ4n) is 2.83. The van der Waals surface area contributed by atoms with Crippen LogP contribution >= 0.6 is 0 Å². The molecule has 1 aromatic rings. The number of aliphatic hydroxyl groups is 1. The number of aliphatic hydroxyl groups excluding tert-OH is 1. The lowest BCUT2D eigenvalue weighted by Crippen LogP contribution is -2.61. The highest BCUT2D eigenvalue weighted by atomic mass is 16.5. The molecule has 0 bridgehead atoms. The van der Waals surface area contributed by atoms with Gasteiger partial charge in [-0.25, -0.2) is 0 Å². The van der Waals surface area contributed by atoms with E-state index in [4.69, 9.17) is 4.74 Å². The monoisotopic (exact) mass is 263 g/mol. The zero-order chi connectivity index (χ0) is 13.9. The Morgan fingerprint density at radius 3 is 2.58 bits per heavy atom. The first-order chi connectivity index (χ1) is 9.09. The third kappa shape index (κ3) is 2.99. The Hall–Kier alpha value is -0.900. The smallest absolute Gasteiger partial charge is 0.0655 e. The van der Waals surface area contributed by atoms with Crippen LogP contribution in [0, 0.1) is 5.41 Å². The van der Waals surface area contributed by atoms with Crippen molar-refractivity contribution in [2.24, 2.45) is 5.41 Å². The Labute approximate surface area is 116 Å². The molecule has 0 radical (unpaired) electrons. The Morgan fingerprint density at radius 2 is 2.05 bits per heavy atom. The first-order valence-corrected chi connectivity index (χ1v) is 7.13. The van der Waals surface area contributed by atoms with Gasteiger partial charge in [-0.2, -0.15) is 0 Å². The summed E-state index contributed by atoms with van der Waals surface area (Å²) in [5.41, 5.74) is 1.26. The predicted molar refractivity (Wildman–Crippen MR) is 77.0 cm³/mol. The molecule has 0 saturated heterocycles. The minimum atomic E-state index is 0.00746. The van der Waals surface area contributed by atoms with Crippen molar-refractivity contribution < 1.29 is 9.84 Å². The van der Waals surface area contributed by atoms with Gasteiger partial charge in [-0.05, 0) is 18.9 Å². The predicted octanol–water partition coefficient (Wildman–Crippen LogP) is 2.51. The maximum Gasteiger partial charge on any atom is 0.0655 e. The number of benzene rings is 1. The Balaban J connectivity index is 1.98. The molecule has 1 fully saturated rings. The van der Waals surface area contributed by atoms with E-state index in [1.807, 2.05) is 25.1 Å². The molecule has 1 aromatic carbocycles. The SMILES string of the molecule is CCOC1CC(N[C@H](CO)c2ccccc2)C1(C)C. The lowest BCUT2D eigenvalue weighted by molar-refractivity contribution is -0.117. The summed E-state index contributed by atoms with van der Waals surface area (Å²) < 4.78 is 5.74. The van der Waals surface area contributed by atoms with Gasteiger partial charge in [0, 0.05) is 18.1 Å². The number of rotatable bonds is 6. The molecule has 2 rings (SSSR count). The molecule has 3 nitrogen and oxygen atoms in total. The lowest BCUT2D eigenvalue weighted by atomic mass is 9.64. The minimum Gasteiger partial charge on any atom is -0.394 e. The van der Waals surface area contributed by atoms with Crippen molar-refractivity contribution in [3.63, 3.8) is 0 Å². The Morgan fingerprint density at radius 1 is 1.37 bits per heavy atom. The van der Waals surface area contributed by atoms with Crippen LogP contribution in [0.1, 0.15) is 38.8 Å². The molecule has 0 heterocycles. The quantitative estimate of drug-likeness (QED) is 0.828. The van der Waals surface area contributed by atoms with Gasteiger partial charge in [-0.3, -0.25) is 0 Å². The van der Waals surface area contributed by atoms with E-state index in [0.717, 1.165) is 18.6 Å². The van der Waals surface area contributed by atoms with Gasteiger partial charge in [0.1, 0.15) is 0 Å². The second kappa shape index (κ2) is 6.04. The summed E-state index contributed by atoms with van der Waals surface area (Å²) in [5.74, 6) is 0. The second-order valence-electron chi connectivity index (χ2n) is 5.87. The standard InChI is InChI=1S/C16H25NO2/c1-4-19-15-10-14(16(15,2)3)17-13(11-18)12-8-6-5-7-9-12/h5-9,13-15,17-18H,4,10-11H2,1-3H3/t13-,14?,15?/m1/s1.